The zero-order valence-corrected chi connectivity index (χ0v) is 13.4. The van der Waals surface area contributed by atoms with E-state index >= 15 is 0 Å². The molecule has 3 aromatic carbocycles. The molecule has 24 heavy (non-hydrogen) atoms. The van der Waals surface area contributed by atoms with Gasteiger partial charge in [-0.3, -0.25) is 4.79 Å². The fourth-order valence-electron chi connectivity index (χ4n) is 3.39. The van der Waals surface area contributed by atoms with Gasteiger partial charge in [0.2, 0.25) is 0 Å². The number of nitrogens with one attached hydrogen (secondary N) is 1. The van der Waals surface area contributed by atoms with Crippen LogP contribution in [0.2, 0.25) is 0 Å². The van der Waals surface area contributed by atoms with E-state index in [1.54, 1.807) is 0 Å². The number of carbonyl (C=O) groups is 1. The van der Waals surface area contributed by atoms with Crippen LogP contribution in [-0.2, 0) is 6.42 Å². The summed E-state index contributed by atoms with van der Waals surface area (Å²) in [6.07, 6.45) is 2.03. The third-order valence-electron chi connectivity index (χ3n) is 4.65. The summed E-state index contributed by atoms with van der Waals surface area (Å²) >= 11 is 0. The summed E-state index contributed by atoms with van der Waals surface area (Å²) in [5.74, 6) is 0.0775. The Morgan fingerprint density at radius 3 is 2.29 bits per heavy atom. The van der Waals surface area contributed by atoms with Gasteiger partial charge in [0.05, 0.1) is 6.04 Å². The van der Waals surface area contributed by atoms with E-state index in [1.165, 1.54) is 11.1 Å². The van der Waals surface area contributed by atoms with Crippen LogP contribution in [0.25, 0.3) is 0 Å². The Morgan fingerprint density at radius 1 is 0.833 bits per heavy atom. The molecule has 4 rings (SSSR count). The number of carbonyl (C=O) groups excluding carboxylic acids is 1. The van der Waals surface area contributed by atoms with Crippen LogP contribution in [0.4, 0.5) is 5.69 Å². The Hall–Kier alpha value is -2.87. The second kappa shape index (κ2) is 6.32. The summed E-state index contributed by atoms with van der Waals surface area (Å²) in [6.45, 7) is 0. The van der Waals surface area contributed by atoms with Gasteiger partial charge in [0.1, 0.15) is 0 Å². The van der Waals surface area contributed by atoms with Crippen molar-refractivity contribution in [2.24, 2.45) is 0 Å². The highest BCUT2D eigenvalue weighted by atomic mass is 16.1. The van der Waals surface area contributed by atoms with Crippen molar-refractivity contribution in [2.45, 2.75) is 18.9 Å². The predicted octanol–water partition coefficient (Wildman–Crippen LogP) is 5.02. The lowest BCUT2D eigenvalue weighted by Crippen LogP contribution is -2.20. The number of fused-ring (bicyclic) bond motifs is 1. The molecule has 0 amide bonds. The SMILES string of the molecule is O=C(c1ccccc1)c1cccc2c1NC(c1ccccc1)CC2. The third-order valence-corrected chi connectivity index (χ3v) is 4.65. The van der Waals surface area contributed by atoms with Gasteiger partial charge >= 0.3 is 0 Å². The maximum Gasteiger partial charge on any atom is 0.195 e. The summed E-state index contributed by atoms with van der Waals surface area (Å²) in [5, 5.41) is 3.61. The molecule has 118 valence electrons. The number of benzene rings is 3. The van der Waals surface area contributed by atoms with Crippen LogP contribution in [0.5, 0.6) is 0 Å². The molecule has 3 aromatic rings. The van der Waals surface area contributed by atoms with Gasteiger partial charge in [-0.1, -0.05) is 72.8 Å². The first kappa shape index (κ1) is 14.7. The molecule has 1 unspecified atom stereocenters. The highest BCUT2D eigenvalue weighted by Gasteiger charge is 2.24. The third kappa shape index (κ3) is 2.71. The van der Waals surface area contributed by atoms with E-state index in [2.05, 4.69) is 35.6 Å². The number of aryl methyl sites for hydroxylation is 1. The van der Waals surface area contributed by atoms with Crippen LogP contribution in [0.15, 0.2) is 78.9 Å². The van der Waals surface area contributed by atoms with Crippen molar-refractivity contribution >= 4 is 11.5 Å². The normalized spacial score (nSPS) is 16.1. The number of ketones is 1. The van der Waals surface area contributed by atoms with E-state index in [1.807, 2.05) is 48.5 Å². The first-order chi connectivity index (χ1) is 11.8. The van der Waals surface area contributed by atoms with Crippen molar-refractivity contribution < 1.29 is 4.79 Å². The Kier molecular flexibility index (Phi) is 3.87. The van der Waals surface area contributed by atoms with Crippen molar-refractivity contribution in [1.29, 1.82) is 0 Å². The van der Waals surface area contributed by atoms with Gasteiger partial charge in [-0.05, 0) is 30.0 Å². The molecule has 0 saturated carbocycles. The minimum atomic E-state index is 0.0775. The number of para-hydroxylation sites is 1. The Balaban J connectivity index is 1.71. The first-order valence-electron chi connectivity index (χ1n) is 8.36. The van der Waals surface area contributed by atoms with Gasteiger partial charge in [-0.15, -0.1) is 0 Å². The van der Waals surface area contributed by atoms with Gasteiger partial charge in [0, 0.05) is 16.8 Å². The lowest BCUT2D eigenvalue weighted by atomic mass is 9.89. The fraction of sp³-hybridized carbons (Fsp3) is 0.136. The van der Waals surface area contributed by atoms with Crippen LogP contribution in [0.1, 0.15) is 39.5 Å². The van der Waals surface area contributed by atoms with Crippen LogP contribution >= 0.6 is 0 Å². The molecule has 1 aliphatic rings. The van der Waals surface area contributed by atoms with Crippen LogP contribution < -0.4 is 5.32 Å². The number of rotatable bonds is 3. The molecule has 0 fully saturated rings. The minimum Gasteiger partial charge on any atom is -0.377 e. The molecular weight excluding hydrogens is 294 g/mol. The molecule has 2 heteroatoms. The van der Waals surface area contributed by atoms with Crippen molar-refractivity contribution in [2.75, 3.05) is 5.32 Å². The average molecular weight is 313 g/mol. The maximum absolute atomic E-state index is 12.9. The molecular formula is C22H19NO. The summed E-state index contributed by atoms with van der Waals surface area (Å²) in [6, 6.07) is 26.2. The van der Waals surface area contributed by atoms with Gasteiger partial charge in [0.15, 0.2) is 5.78 Å². The summed E-state index contributed by atoms with van der Waals surface area (Å²) in [7, 11) is 0. The lowest BCUT2D eigenvalue weighted by Gasteiger charge is -2.29. The Morgan fingerprint density at radius 2 is 1.54 bits per heavy atom. The van der Waals surface area contributed by atoms with Crippen molar-refractivity contribution in [3.8, 4) is 0 Å². The van der Waals surface area contributed by atoms with Gasteiger partial charge < -0.3 is 5.32 Å². The van der Waals surface area contributed by atoms with Gasteiger partial charge in [0.25, 0.3) is 0 Å². The topological polar surface area (TPSA) is 29.1 Å². The molecule has 1 atom stereocenters. The monoisotopic (exact) mass is 313 g/mol. The summed E-state index contributed by atoms with van der Waals surface area (Å²) in [5.41, 5.74) is 4.98. The highest BCUT2D eigenvalue weighted by Crippen LogP contribution is 2.35. The summed E-state index contributed by atoms with van der Waals surface area (Å²) < 4.78 is 0. The standard InChI is InChI=1S/C22H19NO/c24-22(18-10-5-2-6-11-18)19-13-7-12-17-14-15-20(23-21(17)19)16-8-3-1-4-9-16/h1-13,20,23H,14-15H2. The van der Waals surface area contributed by atoms with E-state index in [4.69, 9.17) is 0 Å². The Bertz CT molecular complexity index is 856. The molecule has 2 nitrogen and oxygen atoms in total. The number of hydrogen-bond acceptors (Lipinski definition) is 2. The lowest BCUT2D eigenvalue weighted by molar-refractivity contribution is 0.103. The summed E-state index contributed by atoms with van der Waals surface area (Å²) in [4.78, 5) is 12.9. The quantitative estimate of drug-likeness (QED) is 0.688. The molecule has 1 aliphatic heterocycles. The van der Waals surface area contributed by atoms with Gasteiger partial charge in [-0.25, -0.2) is 0 Å². The molecule has 0 bridgehead atoms. The number of anilines is 1. The molecule has 0 aromatic heterocycles. The van der Waals surface area contributed by atoms with Crippen LogP contribution in [0, 0.1) is 0 Å². The van der Waals surface area contributed by atoms with E-state index in [-0.39, 0.29) is 11.8 Å². The molecule has 0 radical (unpaired) electrons. The molecule has 0 aliphatic carbocycles. The largest absolute Gasteiger partial charge is 0.377 e. The van der Waals surface area contributed by atoms with Gasteiger partial charge in [-0.2, -0.15) is 0 Å². The second-order valence-electron chi connectivity index (χ2n) is 6.18. The smallest absolute Gasteiger partial charge is 0.195 e. The average Bonchev–Trinajstić information content (AvgIpc) is 2.68. The molecule has 0 spiro atoms. The highest BCUT2D eigenvalue weighted by molar-refractivity contribution is 6.12. The van der Waals surface area contributed by atoms with E-state index in [0.29, 0.717) is 0 Å². The Labute approximate surface area is 142 Å². The van der Waals surface area contributed by atoms with Crippen molar-refractivity contribution in [3.63, 3.8) is 0 Å². The van der Waals surface area contributed by atoms with Crippen molar-refractivity contribution in [1.82, 2.24) is 0 Å². The first-order valence-corrected chi connectivity index (χ1v) is 8.36. The zero-order chi connectivity index (χ0) is 16.4. The zero-order valence-electron chi connectivity index (χ0n) is 13.4. The van der Waals surface area contributed by atoms with Crippen molar-refractivity contribution in [3.05, 3.63) is 101 Å². The van der Waals surface area contributed by atoms with Crippen LogP contribution in [0.3, 0.4) is 0 Å². The second-order valence-corrected chi connectivity index (χ2v) is 6.18. The predicted molar refractivity (Wildman–Crippen MR) is 97.4 cm³/mol. The molecule has 1 heterocycles. The number of hydrogen-bond donors (Lipinski definition) is 1. The fourth-order valence-corrected chi connectivity index (χ4v) is 3.39. The molecule has 1 N–H and O–H groups in total. The van der Waals surface area contributed by atoms with Crippen LogP contribution in [-0.4, -0.2) is 5.78 Å². The molecule has 0 saturated heterocycles. The maximum atomic E-state index is 12.9. The van der Waals surface area contributed by atoms with E-state index < -0.39 is 0 Å². The minimum absolute atomic E-state index is 0.0775. The van der Waals surface area contributed by atoms with E-state index in [0.717, 1.165) is 29.7 Å². The van der Waals surface area contributed by atoms with E-state index in [9.17, 15) is 4.79 Å².